The van der Waals surface area contributed by atoms with E-state index in [0.29, 0.717) is 5.75 Å². The quantitative estimate of drug-likeness (QED) is 0.189. The van der Waals surface area contributed by atoms with Crippen LogP contribution in [0.25, 0.3) is 11.1 Å². The van der Waals surface area contributed by atoms with Gasteiger partial charge in [0.2, 0.25) is 0 Å². The molecule has 0 aliphatic carbocycles. The highest BCUT2D eigenvalue weighted by Crippen LogP contribution is 2.24. The van der Waals surface area contributed by atoms with E-state index in [-0.39, 0.29) is 5.92 Å². The minimum atomic E-state index is -0.626. The molecule has 2 aromatic rings. The number of carbonyl (C=O) groups is 1. The molecule has 2 nitrogen and oxygen atoms in total. The summed E-state index contributed by atoms with van der Waals surface area (Å²) in [6.45, 7) is 6.04. The number of benzene rings is 2. The molecule has 0 N–H and O–H groups in total. The van der Waals surface area contributed by atoms with Crippen molar-refractivity contribution in [2.24, 2.45) is 5.92 Å². The van der Waals surface area contributed by atoms with Gasteiger partial charge in [-0.2, -0.15) is 0 Å². The number of hydrogen-bond acceptors (Lipinski definition) is 2. The average molecular weight is 387 g/mol. The van der Waals surface area contributed by atoms with Gasteiger partial charge in [-0.1, -0.05) is 82.9 Å². The summed E-state index contributed by atoms with van der Waals surface area (Å²) in [6, 6.07) is 16.3. The summed E-state index contributed by atoms with van der Waals surface area (Å²) in [5.41, 5.74) is 3.67. The van der Waals surface area contributed by atoms with Crippen molar-refractivity contribution in [3.8, 4) is 16.9 Å². The Balaban J connectivity index is 1.90. The van der Waals surface area contributed by atoms with Gasteiger partial charge in [-0.25, -0.2) is 0 Å². The van der Waals surface area contributed by atoms with Gasteiger partial charge in [0.25, 0.3) is 0 Å². The first-order valence-electron chi connectivity index (χ1n) is 10.1. The fourth-order valence-electron chi connectivity index (χ4n) is 2.96. The standard InChI is InChI=1S/C24H31ClO2/c1-4-5-6-7-8-9-19-10-12-20(13-11-19)21-14-16-22(17-15-21)27-24(26)23(25)18(2)3/h10-18,23H,4-9H2,1-3H3. The molecule has 0 saturated carbocycles. The molecule has 0 heterocycles. The first-order chi connectivity index (χ1) is 13.0. The van der Waals surface area contributed by atoms with E-state index in [1.54, 1.807) is 0 Å². The molecule has 3 heteroatoms. The molecule has 0 saturated heterocycles. The molecule has 2 rings (SSSR count). The summed E-state index contributed by atoms with van der Waals surface area (Å²) in [5.74, 6) is 0.171. The molecule has 0 fully saturated rings. The Bertz CT molecular complexity index is 689. The van der Waals surface area contributed by atoms with Crippen LogP contribution in [0, 0.1) is 5.92 Å². The molecule has 1 unspecified atom stereocenters. The highest BCUT2D eigenvalue weighted by atomic mass is 35.5. The predicted octanol–water partition coefficient (Wildman–Crippen LogP) is 7.04. The van der Waals surface area contributed by atoms with E-state index in [1.165, 1.54) is 43.2 Å². The first-order valence-corrected chi connectivity index (χ1v) is 10.5. The van der Waals surface area contributed by atoms with Crippen LogP contribution in [0.1, 0.15) is 58.4 Å². The van der Waals surface area contributed by atoms with Crippen molar-refractivity contribution in [2.45, 2.75) is 64.7 Å². The van der Waals surface area contributed by atoms with Crippen LogP contribution >= 0.6 is 11.6 Å². The number of alkyl halides is 1. The van der Waals surface area contributed by atoms with Gasteiger partial charge in [0, 0.05) is 0 Å². The molecule has 0 aliphatic rings. The number of rotatable bonds is 10. The minimum absolute atomic E-state index is 0.0450. The maximum absolute atomic E-state index is 11.9. The maximum atomic E-state index is 11.9. The minimum Gasteiger partial charge on any atom is -0.425 e. The van der Waals surface area contributed by atoms with Crippen molar-refractivity contribution in [3.05, 3.63) is 54.1 Å². The fraction of sp³-hybridized carbons (Fsp3) is 0.458. The Kier molecular flexibility index (Phi) is 8.87. The highest BCUT2D eigenvalue weighted by molar-refractivity contribution is 6.30. The molecule has 0 aromatic heterocycles. The number of unbranched alkanes of at least 4 members (excludes halogenated alkanes) is 4. The number of hydrogen-bond donors (Lipinski definition) is 0. The second-order valence-corrected chi connectivity index (χ2v) is 7.92. The van der Waals surface area contributed by atoms with Gasteiger partial charge in [-0.3, -0.25) is 4.79 Å². The van der Waals surface area contributed by atoms with Crippen molar-refractivity contribution in [1.29, 1.82) is 0 Å². The van der Waals surface area contributed by atoms with Crippen molar-refractivity contribution in [3.63, 3.8) is 0 Å². The van der Waals surface area contributed by atoms with E-state index in [0.717, 1.165) is 12.0 Å². The van der Waals surface area contributed by atoms with E-state index in [1.807, 2.05) is 38.1 Å². The van der Waals surface area contributed by atoms with Gasteiger partial charge in [-0.05, 0) is 47.6 Å². The summed E-state index contributed by atoms with van der Waals surface area (Å²) < 4.78 is 5.35. The summed E-state index contributed by atoms with van der Waals surface area (Å²) >= 11 is 6.04. The lowest BCUT2D eigenvalue weighted by atomic mass is 10.0. The summed E-state index contributed by atoms with van der Waals surface area (Å²) in [4.78, 5) is 11.9. The molecule has 0 bridgehead atoms. The second-order valence-electron chi connectivity index (χ2n) is 7.45. The zero-order chi connectivity index (χ0) is 19.6. The molecule has 146 valence electrons. The fourth-order valence-corrected chi connectivity index (χ4v) is 3.00. The van der Waals surface area contributed by atoms with Crippen LogP contribution in [0.5, 0.6) is 5.75 Å². The van der Waals surface area contributed by atoms with Gasteiger partial charge < -0.3 is 4.74 Å². The van der Waals surface area contributed by atoms with Crippen LogP contribution in [0.15, 0.2) is 48.5 Å². The predicted molar refractivity (Wildman–Crippen MR) is 114 cm³/mol. The smallest absolute Gasteiger partial charge is 0.329 e. The summed E-state index contributed by atoms with van der Waals surface area (Å²) in [5, 5.41) is -0.626. The monoisotopic (exact) mass is 386 g/mol. The van der Waals surface area contributed by atoms with Crippen LogP contribution in [0.4, 0.5) is 0 Å². The van der Waals surface area contributed by atoms with Gasteiger partial charge >= 0.3 is 5.97 Å². The van der Waals surface area contributed by atoms with Crippen LogP contribution in [-0.4, -0.2) is 11.3 Å². The second kappa shape index (κ2) is 11.1. The molecular weight excluding hydrogens is 356 g/mol. The Morgan fingerprint density at radius 2 is 1.44 bits per heavy atom. The van der Waals surface area contributed by atoms with E-state index < -0.39 is 11.3 Å². The molecule has 2 aromatic carbocycles. The van der Waals surface area contributed by atoms with Crippen LogP contribution in [-0.2, 0) is 11.2 Å². The van der Waals surface area contributed by atoms with Gasteiger partial charge in [0.1, 0.15) is 11.1 Å². The van der Waals surface area contributed by atoms with E-state index in [4.69, 9.17) is 16.3 Å². The number of halogens is 1. The van der Waals surface area contributed by atoms with E-state index in [2.05, 4.69) is 31.2 Å². The Morgan fingerprint density at radius 1 is 0.889 bits per heavy atom. The van der Waals surface area contributed by atoms with E-state index in [9.17, 15) is 4.79 Å². The van der Waals surface area contributed by atoms with Gasteiger partial charge in [-0.15, -0.1) is 11.6 Å². The molecule has 0 spiro atoms. The van der Waals surface area contributed by atoms with Crippen molar-refractivity contribution in [2.75, 3.05) is 0 Å². The lowest BCUT2D eigenvalue weighted by Gasteiger charge is -2.12. The van der Waals surface area contributed by atoms with Crippen molar-refractivity contribution < 1.29 is 9.53 Å². The number of esters is 1. The van der Waals surface area contributed by atoms with Crippen molar-refractivity contribution >= 4 is 17.6 Å². The third-order valence-electron chi connectivity index (χ3n) is 4.74. The van der Waals surface area contributed by atoms with Gasteiger partial charge in [0.05, 0.1) is 0 Å². The molecule has 0 amide bonds. The van der Waals surface area contributed by atoms with E-state index >= 15 is 0 Å². The SMILES string of the molecule is CCCCCCCc1ccc(-c2ccc(OC(=O)C(Cl)C(C)C)cc2)cc1. The number of carbonyl (C=O) groups excluding carboxylic acids is 1. The third-order valence-corrected chi connectivity index (χ3v) is 5.42. The van der Waals surface area contributed by atoms with Crippen LogP contribution in [0.2, 0.25) is 0 Å². The van der Waals surface area contributed by atoms with Crippen LogP contribution < -0.4 is 4.74 Å². The summed E-state index contributed by atoms with van der Waals surface area (Å²) in [6.07, 6.45) is 7.69. The van der Waals surface area contributed by atoms with Crippen molar-refractivity contribution in [1.82, 2.24) is 0 Å². The summed E-state index contributed by atoms with van der Waals surface area (Å²) in [7, 11) is 0. The lowest BCUT2D eigenvalue weighted by Crippen LogP contribution is -2.25. The van der Waals surface area contributed by atoms with Gasteiger partial charge in [0.15, 0.2) is 0 Å². The largest absolute Gasteiger partial charge is 0.425 e. The zero-order valence-corrected chi connectivity index (χ0v) is 17.5. The third kappa shape index (κ3) is 7.03. The first kappa shape index (κ1) is 21.5. The molecule has 0 aliphatic heterocycles. The Hall–Kier alpha value is -1.80. The lowest BCUT2D eigenvalue weighted by molar-refractivity contribution is -0.134. The number of aryl methyl sites for hydroxylation is 1. The Morgan fingerprint density at radius 3 is 2.00 bits per heavy atom. The maximum Gasteiger partial charge on any atom is 0.329 e. The molecule has 0 radical (unpaired) electrons. The van der Waals surface area contributed by atoms with Crippen LogP contribution in [0.3, 0.4) is 0 Å². The Labute approximate surface area is 168 Å². The normalized spacial score (nSPS) is 12.2. The zero-order valence-electron chi connectivity index (χ0n) is 16.7. The molecule has 27 heavy (non-hydrogen) atoms. The number of ether oxygens (including phenoxy) is 1. The highest BCUT2D eigenvalue weighted by Gasteiger charge is 2.21. The average Bonchev–Trinajstić information content (AvgIpc) is 2.68. The molecular formula is C24H31ClO2. The topological polar surface area (TPSA) is 26.3 Å². The molecule has 1 atom stereocenters.